The van der Waals surface area contributed by atoms with E-state index in [1.807, 2.05) is 19.1 Å². The second-order valence-electron chi connectivity index (χ2n) is 6.19. The van der Waals surface area contributed by atoms with Crippen LogP contribution >= 0.6 is 0 Å². The largest absolute Gasteiger partial charge is 0.365 e. The Hall–Kier alpha value is -1.58. The normalized spacial score (nSPS) is 28.1. The van der Waals surface area contributed by atoms with Gasteiger partial charge in [-0.15, -0.1) is 0 Å². The maximum absolute atomic E-state index is 11.1. The third kappa shape index (κ3) is 1.51. The maximum Gasteiger partial charge on any atom is 0.292 e. The number of benzene rings is 1. The fraction of sp³-hybridized carbons (Fsp3) is 0.571. The minimum Gasteiger partial charge on any atom is -0.365 e. The topological polar surface area (TPSA) is 46.4 Å². The van der Waals surface area contributed by atoms with Gasteiger partial charge in [-0.3, -0.25) is 10.1 Å². The highest BCUT2D eigenvalue weighted by molar-refractivity contribution is 5.65. The summed E-state index contributed by atoms with van der Waals surface area (Å²) in [6.45, 7) is 8.40. The molecule has 1 saturated carbocycles. The van der Waals surface area contributed by atoms with Gasteiger partial charge in [-0.2, -0.15) is 0 Å². The molecule has 3 rings (SSSR count). The van der Waals surface area contributed by atoms with Crippen LogP contribution in [0.4, 0.5) is 11.4 Å². The van der Waals surface area contributed by atoms with Crippen molar-refractivity contribution in [2.75, 3.05) is 18.0 Å². The predicted octanol–water partition coefficient (Wildman–Crippen LogP) is 3.00. The summed E-state index contributed by atoms with van der Waals surface area (Å²) >= 11 is 0. The second kappa shape index (κ2) is 3.46. The van der Waals surface area contributed by atoms with Crippen molar-refractivity contribution in [2.24, 2.45) is 17.3 Å². The number of hydrogen-bond acceptors (Lipinski definition) is 3. The molecule has 0 radical (unpaired) electrons. The van der Waals surface area contributed by atoms with E-state index in [0.29, 0.717) is 17.3 Å². The molecule has 18 heavy (non-hydrogen) atoms. The van der Waals surface area contributed by atoms with Crippen molar-refractivity contribution in [3.63, 3.8) is 0 Å². The Morgan fingerprint density at radius 2 is 1.94 bits per heavy atom. The van der Waals surface area contributed by atoms with Crippen LogP contribution in [-0.4, -0.2) is 18.0 Å². The Morgan fingerprint density at radius 3 is 2.50 bits per heavy atom. The third-order valence-electron chi connectivity index (χ3n) is 4.79. The third-order valence-corrected chi connectivity index (χ3v) is 4.79. The maximum atomic E-state index is 11.1. The number of nitro groups is 1. The van der Waals surface area contributed by atoms with Crippen molar-refractivity contribution < 1.29 is 4.92 Å². The molecule has 1 aromatic carbocycles. The summed E-state index contributed by atoms with van der Waals surface area (Å²) in [7, 11) is 0. The minimum atomic E-state index is -0.266. The van der Waals surface area contributed by atoms with Crippen molar-refractivity contribution in [1.29, 1.82) is 0 Å². The van der Waals surface area contributed by atoms with Gasteiger partial charge in [0.25, 0.3) is 5.69 Å². The minimum absolute atomic E-state index is 0.245. The lowest BCUT2D eigenvalue weighted by atomic mass is 10.1. The highest BCUT2D eigenvalue weighted by atomic mass is 16.6. The van der Waals surface area contributed by atoms with Crippen molar-refractivity contribution in [2.45, 2.75) is 20.8 Å². The summed E-state index contributed by atoms with van der Waals surface area (Å²) in [4.78, 5) is 13.0. The molecule has 0 spiro atoms. The Kier molecular flexibility index (Phi) is 2.22. The number of nitrogens with zero attached hydrogens (tertiary/aromatic N) is 2. The van der Waals surface area contributed by atoms with Gasteiger partial charge in [-0.25, -0.2) is 0 Å². The smallest absolute Gasteiger partial charge is 0.292 e. The van der Waals surface area contributed by atoms with Gasteiger partial charge in [0.1, 0.15) is 5.69 Å². The molecule has 0 N–H and O–H groups in total. The number of anilines is 1. The standard InChI is InChI=1S/C14H18N2O2/c1-9-4-5-12(13(6-9)16(17)18)15-7-10-11(8-15)14(10,2)3/h4-6,10-11H,7-8H2,1-3H3. The van der Waals surface area contributed by atoms with E-state index in [4.69, 9.17) is 0 Å². The average Bonchev–Trinajstić information content (AvgIpc) is 2.67. The predicted molar refractivity (Wildman–Crippen MR) is 70.8 cm³/mol. The van der Waals surface area contributed by atoms with Gasteiger partial charge in [-0.1, -0.05) is 19.9 Å². The van der Waals surface area contributed by atoms with Crippen molar-refractivity contribution in [3.8, 4) is 0 Å². The number of rotatable bonds is 2. The lowest BCUT2D eigenvalue weighted by Gasteiger charge is -2.23. The first kappa shape index (κ1) is 11.5. The molecule has 4 nitrogen and oxygen atoms in total. The highest BCUT2D eigenvalue weighted by Gasteiger charge is 2.62. The van der Waals surface area contributed by atoms with Gasteiger partial charge in [0.2, 0.25) is 0 Å². The molecule has 1 aliphatic heterocycles. The van der Waals surface area contributed by atoms with Crippen molar-refractivity contribution in [1.82, 2.24) is 0 Å². The zero-order valence-corrected chi connectivity index (χ0v) is 11.0. The van der Waals surface area contributed by atoms with Crippen LogP contribution in [0, 0.1) is 34.3 Å². The first-order valence-corrected chi connectivity index (χ1v) is 6.41. The Morgan fingerprint density at radius 1 is 1.33 bits per heavy atom. The van der Waals surface area contributed by atoms with E-state index in [2.05, 4.69) is 18.7 Å². The summed E-state index contributed by atoms with van der Waals surface area (Å²) in [5, 5.41) is 11.1. The number of nitro benzene ring substituents is 1. The quantitative estimate of drug-likeness (QED) is 0.595. The Bertz CT molecular complexity index is 511. The number of piperidine rings is 1. The fourth-order valence-corrected chi connectivity index (χ4v) is 3.38. The second-order valence-corrected chi connectivity index (χ2v) is 6.19. The molecule has 4 heteroatoms. The Balaban J connectivity index is 1.89. The molecular weight excluding hydrogens is 228 g/mol. The Labute approximate surface area is 107 Å². The molecule has 1 aliphatic carbocycles. The van der Waals surface area contributed by atoms with E-state index in [1.165, 1.54) is 0 Å². The van der Waals surface area contributed by atoms with Crippen LogP contribution in [-0.2, 0) is 0 Å². The van der Waals surface area contributed by atoms with Gasteiger partial charge in [0, 0.05) is 19.2 Å². The van der Waals surface area contributed by atoms with Gasteiger partial charge in [0.05, 0.1) is 4.92 Å². The molecule has 2 fully saturated rings. The summed E-state index contributed by atoms with van der Waals surface area (Å²) in [5.74, 6) is 1.41. The van der Waals surface area contributed by atoms with Crippen LogP contribution in [0.1, 0.15) is 19.4 Å². The summed E-state index contributed by atoms with van der Waals surface area (Å²) in [5.41, 5.74) is 2.41. The van der Waals surface area contributed by atoms with Gasteiger partial charge in [-0.05, 0) is 35.8 Å². The molecule has 1 heterocycles. The molecule has 1 saturated heterocycles. The monoisotopic (exact) mass is 246 g/mol. The van der Waals surface area contributed by atoms with Crippen molar-refractivity contribution >= 4 is 11.4 Å². The number of hydrogen-bond donors (Lipinski definition) is 0. The first-order valence-electron chi connectivity index (χ1n) is 6.41. The molecule has 0 aromatic heterocycles. The molecule has 96 valence electrons. The molecule has 2 aliphatic rings. The van der Waals surface area contributed by atoms with Crippen LogP contribution in [0.2, 0.25) is 0 Å². The first-order chi connectivity index (χ1) is 8.41. The molecule has 0 amide bonds. The van der Waals surface area contributed by atoms with E-state index in [1.54, 1.807) is 6.07 Å². The van der Waals surface area contributed by atoms with Crippen LogP contribution in [0.3, 0.4) is 0 Å². The van der Waals surface area contributed by atoms with Crippen LogP contribution < -0.4 is 4.90 Å². The fourth-order valence-electron chi connectivity index (χ4n) is 3.38. The van der Waals surface area contributed by atoms with E-state index >= 15 is 0 Å². The summed E-state index contributed by atoms with van der Waals surface area (Å²) in [6, 6.07) is 5.52. The number of aryl methyl sites for hydroxylation is 1. The number of fused-ring (bicyclic) bond motifs is 1. The lowest BCUT2D eigenvalue weighted by molar-refractivity contribution is -0.384. The summed E-state index contributed by atoms with van der Waals surface area (Å²) in [6.07, 6.45) is 0. The highest BCUT2D eigenvalue weighted by Crippen LogP contribution is 2.62. The molecule has 2 unspecified atom stereocenters. The summed E-state index contributed by atoms with van der Waals surface area (Å²) < 4.78 is 0. The van der Waals surface area contributed by atoms with Crippen LogP contribution in [0.5, 0.6) is 0 Å². The van der Waals surface area contributed by atoms with E-state index in [0.717, 1.165) is 24.3 Å². The SMILES string of the molecule is Cc1ccc(N2CC3C(C2)C3(C)C)c([N+](=O)[O-])c1. The van der Waals surface area contributed by atoms with Gasteiger partial charge in [0.15, 0.2) is 0 Å². The van der Waals surface area contributed by atoms with E-state index in [-0.39, 0.29) is 10.6 Å². The average molecular weight is 246 g/mol. The lowest BCUT2D eigenvalue weighted by Crippen LogP contribution is -2.26. The zero-order valence-electron chi connectivity index (χ0n) is 11.0. The van der Waals surface area contributed by atoms with Gasteiger partial charge >= 0.3 is 0 Å². The molecule has 1 aromatic rings. The van der Waals surface area contributed by atoms with Crippen LogP contribution in [0.15, 0.2) is 18.2 Å². The van der Waals surface area contributed by atoms with Crippen molar-refractivity contribution in [3.05, 3.63) is 33.9 Å². The van der Waals surface area contributed by atoms with E-state index in [9.17, 15) is 10.1 Å². The molecular formula is C14H18N2O2. The molecule has 0 bridgehead atoms. The van der Waals surface area contributed by atoms with E-state index < -0.39 is 0 Å². The zero-order chi connectivity index (χ0) is 13.1. The van der Waals surface area contributed by atoms with Gasteiger partial charge < -0.3 is 4.90 Å². The molecule has 2 atom stereocenters. The van der Waals surface area contributed by atoms with Crippen LogP contribution in [0.25, 0.3) is 0 Å².